The fourth-order valence-electron chi connectivity index (χ4n) is 7.69. The van der Waals surface area contributed by atoms with Crippen LogP contribution in [0.2, 0.25) is 0 Å². The number of aromatic nitrogens is 10. The molecule has 1 aliphatic heterocycles. The van der Waals surface area contributed by atoms with Gasteiger partial charge in [-0.3, -0.25) is 43.9 Å². The van der Waals surface area contributed by atoms with E-state index in [2.05, 4.69) is 31.2 Å². The number of carbonyl (C=O) groups is 5. The van der Waals surface area contributed by atoms with Gasteiger partial charge in [-0.2, -0.15) is 15.3 Å². The lowest BCUT2D eigenvalue weighted by molar-refractivity contribution is 0.0695. The van der Waals surface area contributed by atoms with E-state index >= 15 is 0 Å². The number of benzene rings is 2. The molecule has 7 aromatic rings. The van der Waals surface area contributed by atoms with Crippen molar-refractivity contribution in [3.05, 3.63) is 100 Å². The number of carboxylic acid groups (broad SMARTS) is 1. The fraction of sp³-hybridized carbons (Fsp3) is 0.318. The van der Waals surface area contributed by atoms with E-state index in [1.807, 2.05) is 26.0 Å². The van der Waals surface area contributed by atoms with Crippen molar-refractivity contribution in [3.63, 3.8) is 0 Å². The van der Waals surface area contributed by atoms with Gasteiger partial charge in [-0.25, -0.2) is 14.8 Å². The summed E-state index contributed by atoms with van der Waals surface area (Å²) < 4.78 is 21.0. The monoisotopic (exact) mass is 900 g/mol. The van der Waals surface area contributed by atoms with Crippen molar-refractivity contribution in [1.29, 1.82) is 0 Å². The van der Waals surface area contributed by atoms with Gasteiger partial charge in [-0.1, -0.05) is 12.2 Å². The number of carbonyl (C=O) groups excluding carboxylic acids is 4. The molecule has 4 amide bonds. The van der Waals surface area contributed by atoms with E-state index in [4.69, 9.17) is 25.2 Å². The van der Waals surface area contributed by atoms with Crippen molar-refractivity contribution < 1.29 is 38.6 Å². The molecule has 0 aliphatic carbocycles. The number of nitrogens with two attached hydrogens (primary N) is 1. The number of nitrogens with zero attached hydrogens (tertiary/aromatic N) is 10. The molecule has 5 aromatic heterocycles. The van der Waals surface area contributed by atoms with Crippen LogP contribution >= 0.6 is 0 Å². The van der Waals surface area contributed by atoms with E-state index in [0.29, 0.717) is 88.8 Å². The Labute approximate surface area is 376 Å². The molecule has 0 spiro atoms. The van der Waals surface area contributed by atoms with Crippen LogP contribution in [0.5, 0.6) is 11.5 Å². The maximum atomic E-state index is 13.9. The Morgan fingerprint density at radius 1 is 0.727 bits per heavy atom. The van der Waals surface area contributed by atoms with Crippen LogP contribution in [0.1, 0.15) is 90.1 Å². The van der Waals surface area contributed by atoms with Gasteiger partial charge in [0.15, 0.2) is 0 Å². The van der Waals surface area contributed by atoms with Gasteiger partial charge in [0.25, 0.3) is 17.7 Å². The number of nitrogens with one attached hydrogen (secondary N) is 3. The second kappa shape index (κ2) is 18.8. The predicted molar refractivity (Wildman–Crippen MR) is 240 cm³/mol. The SMILES string of the molecule is CCn1nc(C)cc1C(=O)Nc1nc2cc(C(N)=O)cc3c2n1C/C=C/Cn1c(NC(=O)c2cc(C)nn2CC)nc2cc(C(=O)NCCCn4cc(C(=O)O)cn4)cc(c21)OCCCO3. The molecule has 6 N–H and O–H groups in total. The standard InChI is InChI=1S/C44H48N14O8/c1-5-57-32(17-25(3)52-57)40(61)50-43-48-30-19-27(38(45)59)21-34-36(30)55(43)13-7-8-14-56-37-31(49-44(56)51-41(62)33-18-26(4)53-58(33)6-2)20-28(22-35(37)66-16-10-15-65-34)39(60)46-11-9-12-54-24-29(23-47-54)42(63)64/h7-8,17-24H,5-6,9-16H2,1-4H3,(H2,45,59)(H,46,60)(H,63,64)(H,48,50,61)(H,49,51,62)/b8-7+. The molecule has 342 valence electrons. The van der Waals surface area contributed by atoms with Gasteiger partial charge in [-0.15, -0.1) is 0 Å². The molecule has 0 saturated heterocycles. The summed E-state index contributed by atoms with van der Waals surface area (Å²) in [5.74, 6) is -2.05. The van der Waals surface area contributed by atoms with E-state index < -0.39 is 29.6 Å². The summed E-state index contributed by atoms with van der Waals surface area (Å²) in [5.41, 5.74) is 9.99. The Morgan fingerprint density at radius 2 is 1.26 bits per heavy atom. The van der Waals surface area contributed by atoms with Crippen LogP contribution in [0.25, 0.3) is 22.1 Å². The van der Waals surface area contributed by atoms with E-state index in [-0.39, 0.29) is 61.4 Å². The third kappa shape index (κ3) is 9.19. The van der Waals surface area contributed by atoms with Gasteiger partial charge in [0.1, 0.15) is 33.9 Å². The summed E-state index contributed by atoms with van der Waals surface area (Å²) in [6, 6.07) is 9.69. The van der Waals surface area contributed by atoms with Crippen molar-refractivity contribution in [1.82, 2.24) is 53.8 Å². The fourth-order valence-corrected chi connectivity index (χ4v) is 7.69. The quantitative estimate of drug-likeness (QED) is 0.0804. The average molecular weight is 901 g/mol. The highest BCUT2D eigenvalue weighted by Gasteiger charge is 2.24. The third-order valence-corrected chi connectivity index (χ3v) is 10.8. The van der Waals surface area contributed by atoms with E-state index in [9.17, 15) is 29.1 Å². The number of carboxylic acids is 1. The van der Waals surface area contributed by atoms with Gasteiger partial charge in [0, 0.05) is 63.0 Å². The second-order valence-corrected chi connectivity index (χ2v) is 15.5. The van der Waals surface area contributed by atoms with E-state index in [1.165, 1.54) is 17.1 Å². The first-order valence-electron chi connectivity index (χ1n) is 21.4. The predicted octanol–water partition coefficient (Wildman–Crippen LogP) is 4.17. The smallest absolute Gasteiger partial charge is 0.338 e. The van der Waals surface area contributed by atoms with Crippen LogP contribution in [0.15, 0.2) is 60.9 Å². The van der Waals surface area contributed by atoms with Crippen LogP contribution in [0.4, 0.5) is 11.9 Å². The molecule has 0 radical (unpaired) electrons. The number of hydrogen-bond donors (Lipinski definition) is 5. The molecule has 2 aromatic carbocycles. The van der Waals surface area contributed by atoms with Crippen LogP contribution in [-0.2, 0) is 32.7 Å². The highest BCUT2D eigenvalue weighted by atomic mass is 16.5. The zero-order valence-electron chi connectivity index (χ0n) is 36.7. The van der Waals surface area contributed by atoms with Gasteiger partial charge in [-0.05, 0) is 70.5 Å². The summed E-state index contributed by atoms with van der Waals surface area (Å²) in [7, 11) is 0. The summed E-state index contributed by atoms with van der Waals surface area (Å²) in [4.78, 5) is 74.6. The number of ether oxygens (including phenoxy) is 2. The molecule has 0 bridgehead atoms. The van der Waals surface area contributed by atoms with Crippen LogP contribution < -0.4 is 31.2 Å². The van der Waals surface area contributed by atoms with Crippen molar-refractivity contribution in [2.45, 2.75) is 73.3 Å². The number of primary amides is 1. The Morgan fingerprint density at radius 3 is 1.76 bits per heavy atom. The molecule has 66 heavy (non-hydrogen) atoms. The minimum atomic E-state index is -1.08. The van der Waals surface area contributed by atoms with Crippen molar-refractivity contribution in [2.24, 2.45) is 5.73 Å². The number of aromatic carboxylic acids is 1. The average Bonchev–Trinajstić information content (AvgIpc) is 4.13. The number of imidazole rings is 2. The summed E-state index contributed by atoms with van der Waals surface area (Å²) in [6.45, 7) is 9.50. The number of anilines is 2. The number of rotatable bonds is 13. The molecule has 8 rings (SSSR count). The molecular formula is C44H48N14O8. The number of aryl methyl sites for hydroxylation is 5. The minimum Gasteiger partial charge on any atom is -0.491 e. The lowest BCUT2D eigenvalue weighted by Gasteiger charge is -2.14. The molecule has 0 saturated carbocycles. The Kier molecular flexibility index (Phi) is 12.6. The maximum Gasteiger partial charge on any atom is 0.338 e. The molecule has 1 aliphatic rings. The van der Waals surface area contributed by atoms with Crippen LogP contribution in [0, 0.1) is 13.8 Å². The Balaban J connectivity index is 1.15. The van der Waals surface area contributed by atoms with Crippen LogP contribution in [-0.4, -0.2) is 103 Å². The minimum absolute atomic E-state index is 0.0691. The largest absolute Gasteiger partial charge is 0.491 e. The highest BCUT2D eigenvalue weighted by molar-refractivity contribution is 6.05. The molecule has 0 unspecified atom stereocenters. The maximum absolute atomic E-state index is 13.9. The van der Waals surface area contributed by atoms with Gasteiger partial charge >= 0.3 is 5.97 Å². The van der Waals surface area contributed by atoms with Gasteiger partial charge in [0.2, 0.25) is 17.8 Å². The van der Waals surface area contributed by atoms with Crippen molar-refractivity contribution >= 4 is 63.6 Å². The Hall–Kier alpha value is -8.30. The second-order valence-electron chi connectivity index (χ2n) is 15.5. The van der Waals surface area contributed by atoms with Crippen LogP contribution in [0.3, 0.4) is 0 Å². The van der Waals surface area contributed by atoms with Crippen molar-refractivity contribution in [3.8, 4) is 11.5 Å². The topological polar surface area (TPSA) is 275 Å². The third-order valence-electron chi connectivity index (χ3n) is 10.8. The van der Waals surface area contributed by atoms with Crippen molar-refractivity contribution in [2.75, 3.05) is 30.4 Å². The lowest BCUT2D eigenvalue weighted by atomic mass is 10.1. The summed E-state index contributed by atoms with van der Waals surface area (Å²) in [5, 5.41) is 30.9. The lowest BCUT2D eigenvalue weighted by Crippen LogP contribution is -2.25. The number of amides is 4. The first-order chi connectivity index (χ1) is 31.8. The zero-order valence-corrected chi connectivity index (χ0v) is 36.7. The number of hydrogen-bond acceptors (Lipinski definition) is 12. The highest BCUT2D eigenvalue weighted by Crippen LogP contribution is 2.34. The van der Waals surface area contributed by atoms with E-state index in [1.54, 1.807) is 68.7 Å². The first-order valence-corrected chi connectivity index (χ1v) is 21.4. The summed E-state index contributed by atoms with van der Waals surface area (Å²) >= 11 is 0. The number of allylic oxidation sites excluding steroid dienone is 2. The Bertz CT molecular complexity index is 3060. The van der Waals surface area contributed by atoms with E-state index in [0.717, 1.165) is 0 Å². The molecule has 6 heterocycles. The normalized spacial score (nSPS) is 13.3. The molecular weight excluding hydrogens is 853 g/mol. The molecule has 22 nitrogen and oxygen atoms in total. The molecule has 0 fully saturated rings. The zero-order chi connectivity index (χ0) is 46.6. The summed E-state index contributed by atoms with van der Waals surface area (Å²) in [6.07, 6.45) is 7.20. The molecule has 0 atom stereocenters. The first kappa shape index (κ1) is 44.3. The molecule has 22 heteroatoms. The van der Waals surface area contributed by atoms with Gasteiger partial charge < -0.3 is 34.8 Å². The van der Waals surface area contributed by atoms with Gasteiger partial charge in [0.05, 0.1) is 47.4 Å².